The molecule has 3 nitrogen and oxygen atoms in total. The van der Waals surface area contributed by atoms with Crippen LogP contribution in [-0.2, 0) is 6.54 Å². The monoisotopic (exact) mass is 222 g/mol. The zero-order chi connectivity index (χ0) is 11.6. The van der Waals surface area contributed by atoms with E-state index in [1.54, 1.807) is 6.20 Å². The molecule has 1 N–H and O–H groups in total. The maximum Gasteiger partial charge on any atom is 0.208 e. The van der Waals surface area contributed by atoms with Crippen LogP contribution in [-0.4, -0.2) is 11.0 Å². The molecule has 0 bridgehead atoms. The highest BCUT2D eigenvalue weighted by Crippen LogP contribution is 2.35. The minimum atomic E-state index is 0.403. The minimum absolute atomic E-state index is 0.403. The lowest BCUT2D eigenvalue weighted by molar-refractivity contribution is 0.163. The van der Waals surface area contributed by atoms with Gasteiger partial charge >= 0.3 is 0 Å². The average Bonchev–Trinajstić information content (AvgIpc) is 2.62. The van der Waals surface area contributed by atoms with Gasteiger partial charge in [-0.2, -0.15) is 0 Å². The molecule has 0 unspecified atom stereocenters. The molecular formula is C13H22N2O. The van der Waals surface area contributed by atoms with E-state index in [1.165, 1.54) is 25.7 Å². The van der Waals surface area contributed by atoms with Crippen molar-refractivity contribution in [1.29, 1.82) is 0 Å². The molecule has 1 saturated carbocycles. The van der Waals surface area contributed by atoms with Crippen molar-refractivity contribution in [2.45, 2.75) is 59.0 Å². The lowest BCUT2D eigenvalue weighted by Crippen LogP contribution is -2.43. The van der Waals surface area contributed by atoms with Crippen LogP contribution in [0.5, 0.6) is 0 Å². The normalized spacial score (nSPS) is 24.6. The van der Waals surface area contributed by atoms with Gasteiger partial charge in [0.25, 0.3) is 0 Å². The Hall–Kier alpha value is -0.830. The van der Waals surface area contributed by atoms with Crippen LogP contribution in [0.3, 0.4) is 0 Å². The van der Waals surface area contributed by atoms with Gasteiger partial charge in [0.05, 0.1) is 12.7 Å². The van der Waals surface area contributed by atoms with Crippen molar-refractivity contribution >= 4 is 0 Å². The number of rotatable bonds is 3. The smallest absolute Gasteiger partial charge is 0.208 e. The first-order valence-electron chi connectivity index (χ1n) is 6.22. The van der Waals surface area contributed by atoms with E-state index in [2.05, 4.69) is 24.1 Å². The topological polar surface area (TPSA) is 38.1 Å². The first-order valence-corrected chi connectivity index (χ1v) is 6.22. The van der Waals surface area contributed by atoms with Crippen molar-refractivity contribution in [2.24, 2.45) is 5.41 Å². The Morgan fingerprint density at radius 2 is 2.31 bits per heavy atom. The highest BCUT2D eigenvalue weighted by atomic mass is 16.4. The molecule has 1 fully saturated rings. The lowest BCUT2D eigenvalue weighted by atomic mass is 9.73. The predicted octanol–water partition coefficient (Wildman–Crippen LogP) is 3.04. The van der Waals surface area contributed by atoms with Crippen molar-refractivity contribution in [1.82, 2.24) is 10.3 Å². The van der Waals surface area contributed by atoms with Gasteiger partial charge in [0.2, 0.25) is 5.89 Å². The summed E-state index contributed by atoms with van der Waals surface area (Å²) < 4.78 is 5.47. The van der Waals surface area contributed by atoms with Crippen molar-refractivity contribution in [3.8, 4) is 0 Å². The van der Waals surface area contributed by atoms with Gasteiger partial charge in [-0.3, -0.25) is 0 Å². The van der Waals surface area contributed by atoms with Crippen LogP contribution in [0.25, 0.3) is 0 Å². The molecule has 1 aliphatic rings. The number of hydrogen-bond acceptors (Lipinski definition) is 3. The lowest BCUT2D eigenvalue weighted by Gasteiger charge is -2.39. The third-order valence-corrected chi connectivity index (χ3v) is 3.68. The van der Waals surface area contributed by atoms with Crippen molar-refractivity contribution in [3.63, 3.8) is 0 Å². The Kier molecular flexibility index (Phi) is 3.33. The van der Waals surface area contributed by atoms with Crippen LogP contribution in [0.1, 0.15) is 51.2 Å². The quantitative estimate of drug-likeness (QED) is 0.854. The fourth-order valence-corrected chi connectivity index (χ4v) is 2.57. The summed E-state index contributed by atoms with van der Waals surface area (Å²) >= 11 is 0. The molecule has 0 saturated heterocycles. The third-order valence-electron chi connectivity index (χ3n) is 3.68. The first-order chi connectivity index (χ1) is 7.58. The largest absolute Gasteiger partial charge is 0.445 e. The van der Waals surface area contributed by atoms with Crippen molar-refractivity contribution < 1.29 is 4.42 Å². The fourth-order valence-electron chi connectivity index (χ4n) is 2.57. The summed E-state index contributed by atoms with van der Waals surface area (Å²) in [5.41, 5.74) is 0.403. The maximum atomic E-state index is 5.47. The molecule has 3 heteroatoms. The van der Waals surface area contributed by atoms with Crippen LogP contribution in [0.4, 0.5) is 0 Å². The van der Waals surface area contributed by atoms with Crippen molar-refractivity contribution in [2.75, 3.05) is 0 Å². The Morgan fingerprint density at radius 3 is 2.94 bits per heavy atom. The highest BCUT2D eigenvalue weighted by molar-refractivity contribution is 4.93. The summed E-state index contributed by atoms with van der Waals surface area (Å²) in [5, 5.41) is 3.59. The maximum absolute atomic E-state index is 5.47. The molecule has 0 spiro atoms. The molecule has 2 rings (SSSR count). The van der Waals surface area contributed by atoms with Crippen LogP contribution >= 0.6 is 0 Å². The average molecular weight is 222 g/mol. The zero-order valence-corrected chi connectivity index (χ0v) is 10.5. The van der Waals surface area contributed by atoms with E-state index in [0.717, 1.165) is 18.2 Å². The second kappa shape index (κ2) is 4.58. The van der Waals surface area contributed by atoms with Crippen molar-refractivity contribution in [3.05, 3.63) is 17.8 Å². The summed E-state index contributed by atoms with van der Waals surface area (Å²) in [5.74, 6) is 1.69. The third kappa shape index (κ3) is 2.64. The summed E-state index contributed by atoms with van der Waals surface area (Å²) in [6.45, 7) is 7.39. The molecule has 1 aromatic heterocycles. The summed E-state index contributed by atoms with van der Waals surface area (Å²) in [4.78, 5) is 4.22. The molecule has 0 aliphatic heterocycles. The van der Waals surface area contributed by atoms with Gasteiger partial charge in [-0.05, 0) is 25.2 Å². The van der Waals surface area contributed by atoms with E-state index in [1.807, 2.05) is 6.92 Å². The summed E-state index contributed by atoms with van der Waals surface area (Å²) in [6.07, 6.45) is 7.07. The van der Waals surface area contributed by atoms with Gasteiger partial charge in [0, 0.05) is 6.04 Å². The zero-order valence-electron chi connectivity index (χ0n) is 10.5. The van der Waals surface area contributed by atoms with Crippen LogP contribution in [0.2, 0.25) is 0 Å². The molecular weight excluding hydrogens is 200 g/mol. The minimum Gasteiger partial charge on any atom is -0.445 e. The van der Waals surface area contributed by atoms with E-state index >= 15 is 0 Å². The second-order valence-electron chi connectivity index (χ2n) is 5.53. The standard InChI is InChI=1S/C13H22N2O/c1-10-8-15-12(16-10)9-14-11-6-4-5-7-13(11,2)3/h8,11,14H,4-7,9H2,1-3H3/t11-/m0/s1. The van der Waals surface area contributed by atoms with E-state index in [9.17, 15) is 0 Å². The molecule has 90 valence electrons. The van der Waals surface area contributed by atoms with E-state index in [-0.39, 0.29) is 0 Å². The summed E-state index contributed by atoms with van der Waals surface area (Å²) in [6, 6.07) is 0.591. The highest BCUT2D eigenvalue weighted by Gasteiger charge is 2.31. The second-order valence-corrected chi connectivity index (χ2v) is 5.53. The van der Waals surface area contributed by atoms with Gasteiger partial charge in [-0.1, -0.05) is 26.7 Å². The molecule has 1 heterocycles. The van der Waals surface area contributed by atoms with Gasteiger partial charge in [0.1, 0.15) is 5.76 Å². The number of aromatic nitrogens is 1. The number of hydrogen-bond donors (Lipinski definition) is 1. The van der Waals surface area contributed by atoms with Gasteiger partial charge in [0.15, 0.2) is 0 Å². The Labute approximate surface area is 97.6 Å². The summed E-state index contributed by atoms with van der Waals surface area (Å²) in [7, 11) is 0. The van der Waals surface area contributed by atoms with Gasteiger partial charge in [-0.15, -0.1) is 0 Å². The fraction of sp³-hybridized carbons (Fsp3) is 0.769. The SMILES string of the molecule is Cc1cnc(CN[C@H]2CCCCC2(C)C)o1. The predicted molar refractivity (Wildman–Crippen MR) is 64.1 cm³/mol. The van der Waals surface area contributed by atoms with Crippen LogP contribution < -0.4 is 5.32 Å². The van der Waals surface area contributed by atoms with E-state index < -0.39 is 0 Å². The molecule has 1 aliphatic carbocycles. The Balaban J connectivity index is 1.89. The molecule has 1 atom stereocenters. The van der Waals surface area contributed by atoms with E-state index in [0.29, 0.717) is 11.5 Å². The molecule has 0 radical (unpaired) electrons. The molecule has 1 aromatic rings. The Bertz CT molecular complexity index is 343. The molecule has 0 aromatic carbocycles. The molecule has 16 heavy (non-hydrogen) atoms. The number of nitrogens with one attached hydrogen (secondary N) is 1. The van der Waals surface area contributed by atoms with Gasteiger partial charge in [-0.25, -0.2) is 4.98 Å². The van der Waals surface area contributed by atoms with E-state index in [4.69, 9.17) is 4.42 Å². The number of oxazole rings is 1. The number of aryl methyl sites for hydroxylation is 1. The van der Waals surface area contributed by atoms with Gasteiger partial charge < -0.3 is 9.73 Å². The van der Waals surface area contributed by atoms with Crippen LogP contribution in [0, 0.1) is 12.3 Å². The van der Waals surface area contributed by atoms with Crippen LogP contribution in [0.15, 0.2) is 10.6 Å². The molecule has 0 amide bonds. The number of nitrogens with zero attached hydrogens (tertiary/aromatic N) is 1. The first kappa shape index (κ1) is 11.6. The Morgan fingerprint density at radius 1 is 1.50 bits per heavy atom.